The highest BCUT2D eigenvalue weighted by Gasteiger charge is 2.09. The smallest absolute Gasteiger partial charge is 0.416 e. The summed E-state index contributed by atoms with van der Waals surface area (Å²) >= 11 is 1.73. The highest BCUT2D eigenvalue weighted by atomic mass is 32.1. The third-order valence-electron chi connectivity index (χ3n) is 2.39. The molecule has 2 rings (SSSR count). The first-order valence-corrected chi connectivity index (χ1v) is 6.39. The molecule has 0 atom stereocenters. The van der Waals surface area contributed by atoms with Gasteiger partial charge in [-0.05, 0) is 32.8 Å². The summed E-state index contributed by atoms with van der Waals surface area (Å²) in [5.74, 6) is 0.563. The number of aromatic amines is 1. The van der Waals surface area contributed by atoms with E-state index in [0.717, 1.165) is 24.3 Å². The minimum atomic E-state index is -0.396. The molecule has 5 heteroatoms. The SMILES string of the molecule is CCOc1cc(C)sc1CCc1coc(=O)[nH]1. The number of aromatic nitrogens is 1. The Kier molecular flexibility index (Phi) is 3.68. The van der Waals surface area contributed by atoms with Crippen molar-refractivity contribution in [3.8, 4) is 5.75 Å². The first-order chi connectivity index (χ1) is 8.19. The van der Waals surface area contributed by atoms with Crippen LogP contribution >= 0.6 is 11.3 Å². The quantitative estimate of drug-likeness (QED) is 0.890. The van der Waals surface area contributed by atoms with Crippen LogP contribution in [0, 0.1) is 6.92 Å². The van der Waals surface area contributed by atoms with Crippen molar-refractivity contribution in [2.24, 2.45) is 0 Å². The number of rotatable bonds is 5. The minimum Gasteiger partial charge on any atom is -0.493 e. The lowest BCUT2D eigenvalue weighted by atomic mass is 10.2. The predicted molar refractivity (Wildman–Crippen MR) is 67.0 cm³/mol. The van der Waals surface area contributed by atoms with E-state index in [0.29, 0.717) is 6.61 Å². The van der Waals surface area contributed by atoms with Gasteiger partial charge in [-0.3, -0.25) is 4.98 Å². The molecule has 0 saturated carbocycles. The molecule has 2 heterocycles. The maximum atomic E-state index is 10.8. The number of hydrogen-bond acceptors (Lipinski definition) is 4. The number of thiophene rings is 1. The Morgan fingerprint density at radius 2 is 2.29 bits per heavy atom. The van der Waals surface area contributed by atoms with Crippen LogP contribution in [0.1, 0.15) is 22.4 Å². The van der Waals surface area contributed by atoms with Gasteiger partial charge in [0.2, 0.25) is 0 Å². The molecule has 0 aliphatic carbocycles. The predicted octanol–water partition coefficient (Wildman–Crippen LogP) is 2.52. The lowest BCUT2D eigenvalue weighted by Crippen LogP contribution is -1.99. The van der Waals surface area contributed by atoms with Gasteiger partial charge >= 0.3 is 5.76 Å². The van der Waals surface area contributed by atoms with Gasteiger partial charge in [0.05, 0.1) is 12.3 Å². The second-order valence-electron chi connectivity index (χ2n) is 3.75. The average molecular weight is 253 g/mol. The third kappa shape index (κ3) is 3.00. The van der Waals surface area contributed by atoms with Crippen molar-refractivity contribution in [2.75, 3.05) is 6.61 Å². The highest BCUT2D eigenvalue weighted by Crippen LogP contribution is 2.29. The van der Waals surface area contributed by atoms with Crippen molar-refractivity contribution >= 4 is 11.3 Å². The second-order valence-corrected chi connectivity index (χ2v) is 5.09. The molecule has 0 fully saturated rings. The Bertz CT molecular complexity index is 538. The number of H-pyrrole nitrogens is 1. The molecule has 92 valence electrons. The molecule has 17 heavy (non-hydrogen) atoms. The number of ether oxygens (including phenoxy) is 1. The van der Waals surface area contributed by atoms with E-state index < -0.39 is 5.76 Å². The van der Waals surface area contributed by atoms with Gasteiger partial charge in [-0.1, -0.05) is 0 Å². The number of aryl methyl sites for hydroxylation is 3. The van der Waals surface area contributed by atoms with Gasteiger partial charge < -0.3 is 9.15 Å². The summed E-state index contributed by atoms with van der Waals surface area (Å²) < 4.78 is 10.3. The zero-order valence-electron chi connectivity index (χ0n) is 9.91. The van der Waals surface area contributed by atoms with Crippen LogP contribution in [0.3, 0.4) is 0 Å². The maximum Gasteiger partial charge on any atom is 0.416 e. The molecule has 0 radical (unpaired) electrons. The molecule has 0 aliphatic heterocycles. The summed E-state index contributed by atoms with van der Waals surface area (Å²) in [5, 5.41) is 0. The molecule has 0 saturated heterocycles. The van der Waals surface area contributed by atoms with Crippen LogP contribution in [0.5, 0.6) is 5.75 Å². The molecule has 4 nitrogen and oxygen atoms in total. The van der Waals surface area contributed by atoms with Crippen LogP contribution in [-0.2, 0) is 12.8 Å². The van der Waals surface area contributed by atoms with E-state index in [1.54, 1.807) is 11.3 Å². The molecule has 1 N–H and O–H groups in total. The topological polar surface area (TPSA) is 55.2 Å². The third-order valence-corrected chi connectivity index (χ3v) is 3.48. The van der Waals surface area contributed by atoms with E-state index in [1.165, 1.54) is 16.0 Å². The maximum absolute atomic E-state index is 10.8. The number of hydrogen-bond donors (Lipinski definition) is 1. The Morgan fingerprint density at radius 3 is 2.94 bits per heavy atom. The molecule has 0 bridgehead atoms. The molecule has 0 amide bonds. The normalized spacial score (nSPS) is 10.7. The van der Waals surface area contributed by atoms with Crippen molar-refractivity contribution in [3.05, 3.63) is 38.3 Å². The van der Waals surface area contributed by atoms with E-state index in [2.05, 4.69) is 18.0 Å². The van der Waals surface area contributed by atoms with E-state index in [9.17, 15) is 4.79 Å². The molecule has 2 aromatic rings. The molecule has 0 aromatic carbocycles. The Hall–Kier alpha value is -1.49. The van der Waals surface area contributed by atoms with Crippen LogP contribution < -0.4 is 10.5 Å². The van der Waals surface area contributed by atoms with E-state index in [1.807, 2.05) is 6.92 Å². The van der Waals surface area contributed by atoms with Gasteiger partial charge in [0.25, 0.3) is 0 Å². The van der Waals surface area contributed by atoms with Crippen LogP contribution in [-0.4, -0.2) is 11.6 Å². The first-order valence-electron chi connectivity index (χ1n) is 5.58. The minimum absolute atomic E-state index is 0.396. The van der Waals surface area contributed by atoms with Crippen molar-refractivity contribution in [3.63, 3.8) is 0 Å². The van der Waals surface area contributed by atoms with Crippen molar-refractivity contribution in [2.45, 2.75) is 26.7 Å². The molecular weight excluding hydrogens is 238 g/mol. The Labute approximate surface area is 103 Å². The van der Waals surface area contributed by atoms with Gasteiger partial charge in [-0.25, -0.2) is 4.79 Å². The molecule has 0 aliphatic rings. The largest absolute Gasteiger partial charge is 0.493 e. The standard InChI is InChI=1S/C12H15NO3S/c1-3-15-10-6-8(2)17-11(10)5-4-9-7-16-12(14)13-9/h6-7H,3-5H2,1-2H3,(H,13,14). The van der Waals surface area contributed by atoms with E-state index >= 15 is 0 Å². The number of nitrogens with one attached hydrogen (secondary N) is 1. The van der Waals surface area contributed by atoms with Gasteiger partial charge in [-0.15, -0.1) is 11.3 Å². The van der Waals surface area contributed by atoms with Crippen molar-refractivity contribution in [1.29, 1.82) is 0 Å². The fourth-order valence-corrected chi connectivity index (χ4v) is 2.65. The molecular formula is C12H15NO3S. The van der Waals surface area contributed by atoms with Crippen LogP contribution in [0.2, 0.25) is 0 Å². The first kappa shape index (κ1) is 12.0. The second kappa shape index (κ2) is 5.23. The Balaban J connectivity index is 2.05. The van der Waals surface area contributed by atoms with Crippen LogP contribution in [0.25, 0.3) is 0 Å². The monoisotopic (exact) mass is 253 g/mol. The molecule has 0 spiro atoms. The molecule has 0 unspecified atom stereocenters. The summed E-state index contributed by atoms with van der Waals surface area (Å²) in [6.07, 6.45) is 3.08. The van der Waals surface area contributed by atoms with Crippen molar-refractivity contribution < 1.29 is 9.15 Å². The zero-order valence-corrected chi connectivity index (χ0v) is 10.7. The van der Waals surface area contributed by atoms with Gasteiger partial charge in [0, 0.05) is 9.75 Å². The van der Waals surface area contributed by atoms with Crippen LogP contribution in [0.4, 0.5) is 0 Å². The lowest BCUT2D eigenvalue weighted by Gasteiger charge is -2.03. The zero-order chi connectivity index (χ0) is 12.3. The summed E-state index contributed by atoms with van der Waals surface area (Å²) in [7, 11) is 0. The Morgan fingerprint density at radius 1 is 1.47 bits per heavy atom. The van der Waals surface area contributed by atoms with E-state index in [-0.39, 0.29) is 0 Å². The van der Waals surface area contributed by atoms with Gasteiger partial charge in [0.15, 0.2) is 0 Å². The van der Waals surface area contributed by atoms with E-state index in [4.69, 9.17) is 9.15 Å². The summed E-state index contributed by atoms with van der Waals surface area (Å²) in [6.45, 7) is 4.71. The summed E-state index contributed by atoms with van der Waals surface area (Å²) in [5.41, 5.74) is 0.823. The average Bonchev–Trinajstić information content (AvgIpc) is 2.83. The van der Waals surface area contributed by atoms with Crippen molar-refractivity contribution in [1.82, 2.24) is 4.98 Å². The van der Waals surface area contributed by atoms with Gasteiger partial charge in [-0.2, -0.15) is 0 Å². The number of oxazole rings is 1. The van der Waals surface area contributed by atoms with Crippen LogP contribution in [0.15, 0.2) is 21.5 Å². The lowest BCUT2D eigenvalue weighted by molar-refractivity contribution is 0.338. The highest BCUT2D eigenvalue weighted by molar-refractivity contribution is 7.12. The fourth-order valence-electron chi connectivity index (χ4n) is 1.68. The molecule has 2 aromatic heterocycles. The summed E-state index contributed by atoms with van der Waals surface area (Å²) in [4.78, 5) is 15.9. The fraction of sp³-hybridized carbons (Fsp3) is 0.417. The van der Waals surface area contributed by atoms with Gasteiger partial charge in [0.1, 0.15) is 12.0 Å². The summed E-state index contributed by atoms with van der Waals surface area (Å²) in [6, 6.07) is 2.06.